The second kappa shape index (κ2) is 12.3. The number of nitrogens with zero attached hydrogens (tertiary/aromatic N) is 3. The van der Waals surface area contributed by atoms with E-state index < -0.39 is 5.41 Å². The molecule has 2 aromatic rings. The van der Waals surface area contributed by atoms with Crippen molar-refractivity contribution >= 4 is 23.0 Å². The van der Waals surface area contributed by atoms with E-state index in [0.717, 1.165) is 39.2 Å². The largest absolute Gasteiger partial charge is 0.330 e. The average molecular weight is 511 g/mol. The summed E-state index contributed by atoms with van der Waals surface area (Å²) in [6.45, 7) is 11.4. The Hall–Kier alpha value is -4.24. The molecule has 0 saturated heterocycles. The molecule has 1 unspecified atom stereocenters. The number of amides is 2. The molecule has 6 heteroatoms. The van der Waals surface area contributed by atoms with Crippen LogP contribution in [0, 0.1) is 11.3 Å². The Morgan fingerprint density at radius 3 is 2.61 bits per heavy atom. The molecule has 0 bridgehead atoms. The highest BCUT2D eigenvalue weighted by molar-refractivity contribution is 5.83. The number of carbonyl (C=O) groups is 2. The lowest BCUT2D eigenvalue weighted by Crippen LogP contribution is -2.21. The zero-order chi connectivity index (χ0) is 27.9. The van der Waals surface area contributed by atoms with Crippen molar-refractivity contribution in [1.29, 1.82) is 5.26 Å². The summed E-state index contributed by atoms with van der Waals surface area (Å²) in [5.74, 6) is 0.00465. The van der Waals surface area contributed by atoms with Crippen LogP contribution in [0.3, 0.4) is 0 Å². The third-order valence-electron chi connectivity index (χ3n) is 6.83. The molecular formula is C32H38N4O2. The van der Waals surface area contributed by atoms with Crippen LogP contribution in [0.4, 0.5) is 0 Å². The van der Waals surface area contributed by atoms with E-state index in [0.29, 0.717) is 19.3 Å². The molecule has 1 aromatic carbocycles. The summed E-state index contributed by atoms with van der Waals surface area (Å²) in [7, 11) is 1.78. The van der Waals surface area contributed by atoms with E-state index in [4.69, 9.17) is 0 Å². The van der Waals surface area contributed by atoms with Gasteiger partial charge < -0.3 is 10.2 Å². The molecule has 1 aliphatic heterocycles. The SMILES string of the molecule is C=C/C(=C\C=C(/C)NC(=O)CC)c1ccnc(C2=CN(C)C(=O)CC(c3ccc(C(C)(C)C#N)cc3)C2)c1.[HH]. The number of aromatic nitrogens is 1. The molecule has 198 valence electrons. The Kier molecular flexibility index (Phi) is 9.20. The van der Waals surface area contributed by atoms with Crippen molar-refractivity contribution in [2.45, 2.75) is 58.3 Å². The number of hydrogen-bond donors (Lipinski definition) is 1. The monoisotopic (exact) mass is 510 g/mol. The van der Waals surface area contributed by atoms with Crippen LogP contribution in [0.2, 0.25) is 0 Å². The van der Waals surface area contributed by atoms with Crippen molar-refractivity contribution < 1.29 is 11.0 Å². The number of allylic oxidation sites excluding steroid dienone is 6. The third-order valence-corrected chi connectivity index (χ3v) is 6.83. The standard InChI is InChI=1S/C32H36N4O2.H2/c1-7-23(10-9-22(3)35-30(37)8-2)25-15-16-34-29(18-25)27-17-26(19-31(38)36(6)20-27)24-11-13-28(14-12-24)32(4,5)21-33;/h7,9-16,18,20,26H,1,8,17,19H2,2-6H3,(H,35,37);1H/b22-9+,23-10+;. The molecule has 1 N–H and O–H groups in total. The van der Waals surface area contributed by atoms with Crippen molar-refractivity contribution in [3.63, 3.8) is 0 Å². The minimum Gasteiger partial charge on any atom is -0.330 e. The lowest BCUT2D eigenvalue weighted by Gasteiger charge is -2.19. The zero-order valence-corrected chi connectivity index (χ0v) is 22.9. The van der Waals surface area contributed by atoms with E-state index in [-0.39, 0.29) is 19.2 Å². The van der Waals surface area contributed by atoms with Crippen LogP contribution in [-0.4, -0.2) is 28.7 Å². The molecule has 0 radical (unpaired) electrons. The van der Waals surface area contributed by atoms with Gasteiger partial charge in [0.25, 0.3) is 0 Å². The molecule has 6 nitrogen and oxygen atoms in total. The maximum absolute atomic E-state index is 12.9. The van der Waals surface area contributed by atoms with E-state index >= 15 is 0 Å². The highest BCUT2D eigenvalue weighted by Crippen LogP contribution is 2.36. The minimum atomic E-state index is -0.570. The first-order valence-electron chi connectivity index (χ1n) is 12.8. The number of hydrogen-bond acceptors (Lipinski definition) is 4. The van der Waals surface area contributed by atoms with Crippen molar-refractivity contribution in [3.8, 4) is 6.07 Å². The van der Waals surface area contributed by atoms with E-state index in [1.165, 1.54) is 0 Å². The Bertz CT molecular complexity index is 1350. The third kappa shape index (κ3) is 6.95. The van der Waals surface area contributed by atoms with Crippen LogP contribution in [0.5, 0.6) is 0 Å². The second-order valence-corrected chi connectivity index (χ2v) is 10.1. The molecule has 1 aliphatic rings. The Labute approximate surface area is 227 Å². The fraction of sp³-hybridized carbons (Fsp3) is 0.312. The van der Waals surface area contributed by atoms with Gasteiger partial charge in [-0.3, -0.25) is 14.6 Å². The van der Waals surface area contributed by atoms with Gasteiger partial charge in [0.1, 0.15) is 0 Å². The topological polar surface area (TPSA) is 86.1 Å². The number of nitriles is 1. The molecule has 3 rings (SSSR count). The highest BCUT2D eigenvalue weighted by atomic mass is 16.2. The van der Waals surface area contributed by atoms with Gasteiger partial charge >= 0.3 is 0 Å². The minimum absolute atomic E-state index is 0. The summed E-state index contributed by atoms with van der Waals surface area (Å²) in [5, 5.41) is 12.3. The smallest absolute Gasteiger partial charge is 0.226 e. The van der Waals surface area contributed by atoms with Gasteiger partial charge in [0.15, 0.2) is 0 Å². The van der Waals surface area contributed by atoms with Crippen molar-refractivity contribution in [2.75, 3.05) is 7.05 Å². The van der Waals surface area contributed by atoms with E-state index in [2.05, 4.69) is 22.9 Å². The van der Waals surface area contributed by atoms with Gasteiger partial charge in [0.2, 0.25) is 11.8 Å². The molecule has 2 heterocycles. The Morgan fingerprint density at radius 2 is 1.97 bits per heavy atom. The number of benzene rings is 1. The van der Waals surface area contributed by atoms with Crippen LogP contribution in [-0.2, 0) is 15.0 Å². The summed E-state index contributed by atoms with van der Waals surface area (Å²) < 4.78 is 0. The van der Waals surface area contributed by atoms with Gasteiger partial charge in [-0.25, -0.2) is 0 Å². The van der Waals surface area contributed by atoms with Gasteiger partial charge in [0, 0.05) is 39.4 Å². The number of rotatable bonds is 8. The summed E-state index contributed by atoms with van der Waals surface area (Å²) >= 11 is 0. The molecular weight excluding hydrogens is 472 g/mol. The van der Waals surface area contributed by atoms with Crippen molar-refractivity contribution in [1.82, 2.24) is 15.2 Å². The van der Waals surface area contributed by atoms with Gasteiger partial charge in [-0.05, 0) is 79.2 Å². The quantitative estimate of drug-likeness (QED) is 0.411. The fourth-order valence-corrected chi connectivity index (χ4v) is 4.33. The summed E-state index contributed by atoms with van der Waals surface area (Å²) in [4.78, 5) is 30.8. The lowest BCUT2D eigenvalue weighted by atomic mass is 9.83. The van der Waals surface area contributed by atoms with Crippen LogP contribution in [0.15, 0.2) is 79.3 Å². The number of carbonyl (C=O) groups excluding carboxylic acids is 2. The number of nitrogens with one attached hydrogen (secondary N) is 1. The molecule has 0 saturated carbocycles. The van der Waals surface area contributed by atoms with E-state index in [1.807, 2.05) is 82.4 Å². The predicted molar refractivity (Wildman–Crippen MR) is 155 cm³/mol. The summed E-state index contributed by atoms with van der Waals surface area (Å²) in [5.41, 5.74) is 5.80. The Balaban J connectivity index is 0.00000533. The maximum Gasteiger partial charge on any atom is 0.226 e. The molecule has 0 aliphatic carbocycles. The normalized spacial score (nSPS) is 16.8. The molecule has 1 atom stereocenters. The van der Waals surface area contributed by atoms with Crippen molar-refractivity contribution in [3.05, 3.63) is 102 Å². The molecule has 1 aromatic heterocycles. The number of pyridine rings is 1. The van der Waals surface area contributed by atoms with E-state index in [1.54, 1.807) is 24.2 Å². The Morgan fingerprint density at radius 1 is 1.26 bits per heavy atom. The van der Waals surface area contributed by atoms with Crippen LogP contribution >= 0.6 is 0 Å². The van der Waals surface area contributed by atoms with Crippen LogP contribution in [0.25, 0.3) is 11.1 Å². The molecule has 2 amide bonds. The van der Waals surface area contributed by atoms with E-state index in [9.17, 15) is 14.9 Å². The highest BCUT2D eigenvalue weighted by Gasteiger charge is 2.26. The fourth-order valence-electron chi connectivity index (χ4n) is 4.33. The van der Waals surface area contributed by atoms with Gasteiger partial charge in [-0.1, -0.05) is 49.9 Å². The summed E-state index contributed by atoms with van der Waals surface area (Å²) in [6.07, 6.45) is 10.7. The van der Waals surface area contributed by atoms with Gasteiger partial charge in [-0.2, -0.15) is 5.26 Å². The zero-order valence-electron chi connectivity index (χ0n) is 22.9. The maximum atomic E-state index is 12.9. The second-order valence-electron chi connectivity index (χ2n) is 10.1. The first kappa shape index (κ1) is 28.3. The first-order valence-corrected chi connectivity index (χ1v) is 12.8. The van der Waals surface area contributed by atoms with Gasteiger partial charge in [-0.15, -0.1) is 0 Å². The first-order chi connectivity index (χ1) is 18.1. The van der Waals surface area contributed by atoms with Crippen LogP contribution < -0.4 is 5.32 Å². The molecule has 0 fully saturated rings. The summed E-state index contributed by atoms with van der Waals surface area (Å²) in [6, 6.07) is 14.3. The van der Waals surface area contributed by atoms with Gasteiger partial charge in [0.05, 0.1) is 17.2 Å². The van der Waals surface area contributed by atoms with Crippen LogP contribution in [0.1, 0.15) is 76.7 Å². The molecule has 38 heavy (non-hydrogen) atoms. The van der Waals surface area contributed by atoms with Crippen molar-refractivity contribution in [2.24, 2.45) is 0 Å². The molecule has 0 spiro atoms. The lowest BCUT2D eigenvalue weighted by molar-refractivity contribution is -0.127. The average Bonchev–Trinajstić information content (AvgIpc) is 3.07. The predicted octanol–water partition coefficient (Wildman–Crippen LogP) is 6.51.